The normalized spacial score (nSPS) is 25.4. The zero-order valence-electron chi connectivity index (χ0n) is 15.9. The Hall–Kier alpha value is -1.01. The number of carbonyl (C=O) groups excluding carboxylic acids is 1. The highest BCUT2D eigenvalue weighted by Crippen LogP contribution is 2.30. The second-order valence-corrected chi connectivity index (χ2v) is 7.60. The average molecular weight is 416 g/mol. The van der Waals surface area contributed by atoms with Crippen molar-refractivity contribution in [2.45, 2.75) is 38.3 Å². The lowest BCUT2D eigenvalue weighted by molar-refractivity contribution is -0.140. The molecule has 0 spiro atoms. The van der Waals surface area contributed by atoms with Crippen molar-refractivity contribution in [2.75, 3.05) is 44.2 Å². The molecule has 3 aliphatic heterocycles. The van der Waals surface area contributed by atoms with Gasteiger partial charge in [0.1, 0.15) is 6.04 Å². The number of hydrogen-bond acceptors (Lipinski definition) is 4. The van der Waals surface area contributed by atoms with Crippen LogP contribution in [0.5, 0.6) is 0 Å². The van der Waals surface area contributed by atoms with Crippen molar-refractivity contribution in [1.82, 2.24) is 10.2 Å². The molecule has 1 aromatic carbocycles. The first-order valence-electron chi connectivity index (χ1n) is 9.69. The van der Waals surface area contributed by atoms with Crippen molar-refractivity contribution in [3.05, 3.63) is 29.8 Å². The van der Waals surface area contributed by atoms with E-state index in [9.17, 15) is 4.79 Å². The number of amides is 1. The third-order valence-corrected chi connectivity index (χ3v) is 5.97. The van der Waals surface area contributed by atoms with E-state index in [1.807, 2.05) is 11.8 Å². The molecule has 0 aliphatic carbocycles. The summed E-state index contributed by atoms with van der Waals surface area (Å²) in [6.45, 7) is 7.48. The predicted octanol–water partition coefficient (Wildman–Crippen LogP) is 2.51. The van der Waals surface area contributed by atoms with Gasteiger partial charge in [-0.2, -0.15) is 0 Å². The number of ether oxygens (including phenoxy) is 1. The quantitative estimate of drug-likeness (QED) is 0.823. The van der Waals surface area contributed by atoms with Gasteiger partial charge in [-0.1, -0.05) is 18.2 Å². The van der Waals surface area contributed by atoms with E-state index in [1.54, 1.807) is 0 Å². The molecule has 7 heteroatoms. The molecule has 1 amide bonds. The van der Waals surface area contributed by atoms with Crippen LogP contribution in [0.3, 0.4) is 0 Å². The van der Waals surface area contributed by atoms with Gasteiger partial charge in [0.15, 0.2) is 0 Å². The Kier molecular flexibility index (Phi) is 8.22. The molecule has 2 atom stereocenters. The van der Waals surface area contributed by atoms with Gasteiger partial charge < -0.3 is 19.9 Å². The summed E-state index contributed by atoms with van der Waals surface area (Å²) in [4.78, 5) is 17.3. The maximum Gasteiger partial charge on any atom is 0.242 e. The molecule has 152 valence electrons. The molecular formula is C20H31Cl2N3O2. The standard InChI is InChI=1S/C20H29N3O2.2ClH/c1-15-19(21-9-13-25-15)20(24)22-10-6-16(7-11-22)14-23-12-8-17-4-2-3-5-18(17)23;;/h2-5,15-16,19,21H,6-14H2,1H3;2*1H/t15-,19+;;/m1../s1. The minimum Gasteiger partial charge on any atom is -0.375 e. The summed E-state index contributed by atoms with van der Waals surface area (Å²) in [5, 5.41) is 3.32. The lowest BCUT2D eigenvalue weighted by atomic mass is 9.95. The van der Waals surface area contributed by atoms with Crippen LogP contribution in [0.4, 0.5) is 5.69 Å². The highest BCUT2D eigenvalue weighted by atomic mass is 35.5. The largest absolute Gasteiger partial charge is 0.375 e. The summed E-state index contributed by atoms with van der Waals surface area (Å²) in [5.41, 5.74) is 2.89. The van der Waals surface area contributed by atoms with E-state index in [1.165, 1.54) is 17.7 Å². The Morgan fingerprint density at radius 2 is 1.93 bits per heavy atom. The summed E-state index contributed by atoms with van der Waals surface area (Å²) in [6.07, 6.45) is 3.34. The summed E-state index contributed by atoms with van der Waals surface area (Å²) < 4.78 is 5.63. The topological polar surface area (TPSA) is 44.8 Å². The number of rotatable bonds is 3. The fraction of sp³-hybridized carbons (Fsp3) is 0.650. The molecule has 0 saturated carbocycles. The van der Waals surface area contributed by atoms with Crippen LogP contribution < -0.4 is 10.2 Å². The molecule has 2 fully saturated rings. The first kappa shape index (κ1) is 22.3. The van der Waals surface area contributed by atoms with E-state index in [0.717, 1.165) is 45.6 Å². The van der Waals surface area contributed by atoms with Crippen LogP contribution in [0.15, 0.2) is 24.3 Å². The zero-order chi connectivity index (χ0) is 17.2. The van der Waals surface area contributed by atoms with Crippen LogP contribution >= 0.6 is 24.8 Å². The molecule has 27 heavy (non-hydrogen) atoms. The molecule has 4 rings (SSSR count). The maximum absolute atomic E-state index is 12.8. The lowest BCUT2D eigenvalue weighted by Gasteiger charge is -2.38. The second kappa shape index (κ2) is 9.97. The Morgan fingerprint density at radius 3 is 2.67 bits per heavy atom. The fourth-order valence-corrected chi connectivity index (χ4v) is 4.45. The van der Waals surface area contributed by atoms with Crippen molar-refractivity contribution in [1.29, 1.82) is 0 Å². The van der Waals surface area contributed by atoms with Crippen LogP contribution in [-0.4, -0.2) is 62.3 Å². The van der Waals surface area contributed by atoms with Crippen LogP contribution in [0, 0.1) is 5.92 Å². The number of piperidine rings is 1. The maximum atomic E-state index is 12.8. The van der Waals surface area contributed by atoms with E-state index in [4.69, 9.17) is 4.74 Å². The Bertz CT molecular complexity index is 623. The van der Waals surface area contributed by atoms with Gasteiger partial charge in [0.25, 0.3) is 0 Å². The van der Waals surface area contributed by atoms with Crippen molar-refractivity contribution < 1.29 is 9.53 Å². The molecule has 0 aromatic heterocycles. The minimum absolute atomic E-state index is 0. The SMILES string of the molecule is C[C@H]1OCCN[C@@H]1C(=O)N1CCC(CN2CCc3ccccc32)CC1.Cl.Cl. The molecule has 1 aromatic rings. The molecule has 3 heterocycles. The first-order valence-corrected chi connectivity index (χ1v) is 9.69. The van der Waals surface area contributed by atoms with Crippen molar-refractivity contribution >= 4 is 36.4 Å². The third-order valence-electron chi connectivity index (χ3n) is 5.97. The van der Waals surface area contributed by atoms with E-state index in [0.29, 0.717) is 12.5 Å². The summed E-state index contributed by atoms with van der Waals surface area (Å²) in [5.74, 6) is 0.903. The smallest absolute Gasteiger partial charge is 0.242 e. The monoisotopic (exact) mass is 415 g/mol. The minimum atomic E-state index is -0.171. The fourth-order valence-electron chi connectivity index (χ4n) is 4.45. The number of likely N-dealkylation sites (tertiary alicyclic amines) is 1. The van der Waals surface area contributed by atoms with Crippen LogP contribution in [0.1, 0.15) is 25.3 Å². The van der Waals surface area contributed by atoms with Gasteiger partial charge in [-0.25, -0.2) is 0 Å². The van der Waals surface area contributed by atoms with Crippen LogP contribution in [0.2, 0.25) is 0 Å². The molecule has 3 aliphatic rings. The third kappa shape index (κ3) is 4.89. The number of anilines is 1. The van der Waals surface area contributed by atoms with Crippen molar-refractivity contribution in [3.63, 3.8) is 0 Å². The number of morpholine rings is 1. The van der Waals surface area contributed by atoms with Gasteiger partial charge in [-0.05, 0) is 43.7 Å². The number of hydrogen-bond donors (Lipinski definition) is 1. The van der Waals surface area contributed by atoms with Crippen LogP contribution in [0.25, 0.3) is 0 Å². The van der Waals surface area contributed by atoms with Gasteiger partial charge in [-0.15, -0.1) is 24.8 Å². The number of nitrogens with one attached hydrogen (secondary N) is 1. The Labute approximate surface area is 174 Å². The molecule has 2 saturated heterocycles. The first-order chi connectivity index (χ1) is 12.2. The molecule has 0 unspecified atom stereocenters. The van der Waals surface area contributed by atoms with Crippen molar-refractivity contribution in [3.8, 4) is 0 Å². The number of benzene rings is 1. The van der Waals surface area contributed by atoms with Gasteiger partial charge in [-0.3, -0.25) is 4.79 Å². The van der Waals surface area contributed by atoms with Gasteiger partial charge in [0.2, 0.25) is 5.91 Å². The summed E-state index contributed by atoms with van der Waals surface area (Å²) >= 11 is 0. The highest BCUT2D eigenvalue weighted by Gasteiger charge is 2.34. The van der Waals surface area contributed by atoms with Gasteiger partial charge in [0, 0.05) is 38.4 Å². The Morgan fingerprint density at radius 1 is 1.19 bits per heavy atom. The average Bonchev–Trinajstić information content (AvgIpc) is 3.05. The molecular weight excluding hydrogens is 385 g/mol. The van der Waals surface area contributed by atoms with E-state index < -0.39 is 0 Å². The van der Waals surface area contributed by atoms with Gasteiger partial charge >= 0.3 is 0 Å². The number of carbonyl (C=O) groups is 1. The summed E-state index contributed by atoms with van der Waals surface area (Å²) in [6, 6.07) is 8.60. The predicted molar refractivity (Wildman–Crippen MR) is 113 cm³/mol. The number of halogens is 2. The highest BCUT2D eigenvalue weighted by molar-refractivity contribution is 5.85. The number of nitrogens with zero attached hydrogens (tertiary/aromatic N) is 2. The molecule has 1 N–H and O–H groups in total. The number of fused-ring (bicyclic) bond motifs is 1. The molecule has 5 nitrogen and oxygen atoms in total. The van der Waals surface area contributed by atoms with Crippen LogP contribution in [-0.2, 0) is 16.0 Å². The Balaban J connectivity index is 0.00000131. The zero-order valence-corrected chi connectivity index (χ0v) is 17.6. The van der Waals surface area contributed by atoms with Gasteiger partial charge in [0.05, 0.1) is 12.7 Å². The lowest BCUT2D eigenvalue weighted by Crippen LogP contribution is -2.57. The van der Waals surface area contributed by atoms with Crippen molar-refractivity contribution in [2.24, 2.45) is 5.92 Å². The number of para-hydroxylation sites is 1. The van der Waals surface area contributed by atoms with E-state index in [2.05, 4.69) is 34.5 Å². The molecule has 0 bridgehead atoms. The molecule has 0 radical (unpaired) electrons. The van der Waals surface area contributed by atoms with E-state index >= 15 is 0 Å². The summed E-state index contributed by atoms with van der Waals surface area (Å²) in [7, 11) is 0. The van der Waals surface area contributed by atoms with E-state index in [-0.39, 0.29) is 42.9 Å². The second-order valence-electron chi connectivity index (χ2n) is 7.60.